The van der Waals surface area contributed by atoms with Gasteiger partial charge >= 0.3 is 0 Å². The van der Waals surface area contributed by atoms with Gasteiger partial charge in [0.2, 0.25) is 5.91 Å². The summed E-state index contributed by atoms with van der Waals surface area (Å²) < 4.78 is 5.10. The van der Waals surface area contributed by atoms with Gasteiger partial charge in [-0.3, -0.25) is 9.69 Å². The monoisotopic (exact) mass is 336 g/mol. The Kier molecular flexibility index (Phi) is 5.01. The number of nitrogens with zero attached hydrogens (tertiary/aromatic N) is 2. The summed E-state index contributed by atoms with van der Waals surface area (Å²) in [5.41, 5.74) is 1.81. The van der Waals surface area contributed by atoms with Crippen molar-refractivity contribution < 1.29 is 14.6 Å². The molecule has 0 saturated heterocycles. The smallest absolute Gasteiger partial charge is 0.234 e. The largest absolute Gasteiger partial charge is 0.497 e. The van der Waals surface area contributed by atoms with E-state index < -0.39 is 12.0 Å². The lowest BCUT2D eigenvalue weighted by Crippen LogP contribution is -2.38. The second-order valence-corrected chi connectivity index (χ2v) is 5.96. The first-order valence-electron chi connectivity index (χ1n) is 8.19. The molecule has 0 spiro atoms. The highest BCUT2D eigenvalue weighted by molar-refractivity contribution is 5.96. The number of aliphatic hydroxyl groups is 1. The number of amides is 1. The van der Waals surface area contributed by atoms with Crippen LogP contribution in [0.1, 0.15) is 18.1 Å². The maximum absolute atomic E-state index is 12.7. The zero-order valence-corrected chi connectivity index (χ0v) is 14.3. The molecular formula is C20H20N2O3. The van der Waals surface area contributed by atoms with Gasteiger partial charge in [-0.1, -0.05) is 24.8 Å². The number of carbonyl (C=O) groups is 1. The zero-order chi connectivity index (χ0) is 17.8. The van der Waals surface area contributed by atoms with E-state index in [-0.39, 0.29) is 5.91 Å². The Morgan fingerprint density at radius 2 is 2.08 bits per heavy atom. The first-order valence-corrected chi connectivity index (χ1v) is 8.19. The SMILES string of the molecule is COc1ccc(C#C[C@@H](O)[C@@H](C)C(=O)N2CCc3cccnc32)cc1. The highest BCUT2D eigenvalue weighted by Gasteiger charge is 2.31. The van der Waals surface area contributed by atoms with Crippen LogP contribution in [0.5, 0.6) is 5.75 Å². The van der Waals surface area contributed by atoms with Crippen molar-refractivity contribution in [2.45, 2.75) is 19.4 Å². The number of aromatic nitrogens is 1. The van der Waals surface area contributed by atoms with Gasteiger partial charge in [-0.25, -0.2) is 4.98 Å². The summed E-state index contributed by atoms with van der Waals surface area (Å²) in [4.78, 5) is 18.6. The summed E-state index contributed by atoms with van der Waals surface area (Å²) in [5, 5.41) is 10.3. The molecule has 128 valence electrons. The van der Waals surface area contributed by atoms with Crippen LogP contribution in [0.2, 0.25) is 0 Å². The van der Waals surface area contributed by atoms with Gasteiger partial charge in [0.05, 0.1) is 13.0 Å². The number of methoxy groups -OCH3 is 1. The van der Waals surface area contributed by atoms with Crippen molar-refractivity contribution in [1.29, 1.82) is 0 Å². The Labute approximate surface area is 147 Å². The van der Waals surface area contributed by atoms with Gasteiger partial charge in [-0.2, -0.15) is 0 Å². The Hall–Kier alpha value is -2.84. The normalized spacial score (nSPS) is 14.9. The summed E-state index contributed by atoms with van der Waals surface area (Å²) in [5.74, 6) is 6.31. The molecule has 2 heterocycles. The molecule has 1 aliphatic rings. The van der Waals surface area contributed by atoms with E-state index in [2.05, 4.69) is 16.8 Å². The number of pyridine rings is 1. The standard InChI is InChI=1S/C20H20N2O3/c1-14(18(23)10-7-15-5-8-17(25-2)9-6-15)20(24)22-13-11-16-4-3-12-21-19(16)22/h3-6,8-9,12,14,18,23H,11,13H2,1-2H3/t14-,18-/m1/s1. The van der Waals surface area contributed by atoms with Crippen molar-refractivity contribution in [1.82, 2.24) is 4.98 Å². The quantitative estimate of drug-likeness (QED) is 0.871. The molecule has 1 aliphatic heterocycles. The third-order valence-corrected chi connectivity index (χ3v) is 4.31. The topological polar surface area (TPSA) is 62.7 Å². The molecule has 5 heteroatoms. The average Bonchev–Trinajstić information content (AvgIpc) is 3.09. The number of aliphatic hydroxyl groups excluding tert-OH is 1. The second-order valence-electron chi connectivity index (χ2n) is 5.96. The zero-order valence-electron chi connectivity index (χ0n) is 14.3. The molecule has 0 fully saturated rings. The number of carbonyl (C=O) groups excluding carboxylic acids is 1. The fourth-order valence-electron chi connectivity index (χ4n) is 2.76. The van der Waals surface area contributed by atoms with Crippen LogP contribution in [0, 0.1) is 17.8 Å². The van der Waals surface area contributed by atoms with E-state index in [1.807, 2.05) is 24.3 Å². The molecular weight excluding hydrogens is 316 g/mol. The predicted molar refractivity (Wildman–Crippen MR) is 95.3 cm³/mol. The maximum atomic E-state index is 12.7. The third-order valence-electron chi connectivity index (χ3n) is 4.31. The van der Waals surface area contributed by atoms with Crippen LogP contribution in [-0.4, -0.2) is 35.8 Å². The van der Waals surface area contributed by atoms with E-state index in [0.29, 0.717) is 12.4 Å². The number of fused-ring (bicyclic) bond motifs is 1. The van der Waals surface area contributed by atoms with E-state index in [1.165, 1.54) is 0 Å². The molecule has 2 aromatic rings. The summed E-state index contributed by atoms with van der Waals surface area (Å²) in [6, 6.07) is 11.1. The lowest BCUT2D eigenvalue weighted by atomic mass is 10.0. The number of hydrogen-bond acceptors (Lipinski definition) is 4. The summed E-state index contributed by atoms with van der Waals surface area (Å²) in [6.45, 7) is 2.28. The summed E-state index contributed by atoms with van der Waals surface area (Å²) >= 11 is 0. The molecule has 1 aromatic carbocycles. The van der Waals surface area contributed by atoms with E-state index in [4.69, 9.17) is 4.74 Å². The van der Waals surface area contributed by atoms with Crippen molar-refractivity contribution in [2.75, 3.05) is 18.6 Å². The molecule has 0 bridgehead atoms. The molecule has 1 amide bonds. The minimum absolute atomic E-state index is 0.158. The number of rotatable bonds is 3. The lowest BCUT2D eigenvalue weighted by molar-refractivity contribution is -0.124. The Morgan fingerprint density at radius 1 is 1.32 bits per heavy atom. The highest BCUT2D eigenvalue weighted by atomic mass is 16.5. The van der Waals surface area contributed by atoms with Crippen LogP contribution < -0.4 is 9.64 Å². The molecule has 0 radical (unpaired) electrons. The third kappa shape index (κ3) is 3.65. The highest BCUT2D eigenvalue weighted by Crippen LogP contribution is 2.26. The van der Waals surface area contributed by atoms with E-state index in [9.17, 15) is 9.90 Å². The van der Waals surface area contributed by atoms with Crippen LogP contribution >= 0.6 is 0 Å². The summed E-state index contributed by atoms with van der Waals surface area (Å²) in [7, 11) is 1.60. The van der Waals surface area contributed by atoms with Crippen LogP contribution in [-0.2, 0) is 11.2 Å². The molecule has 3 rings (SSSR count). The van der Waals surface area contributed by atoms with Gasteiger partial charge < -0.3 is 9.84 Å². The van der Waals surface area contributed by atoms with E-state index in [1.54, 1.807) is 37.3 Å². The van der Waals surface area contributed by atoms with Gasteiger partial charge in [-0.15, -0.1) is 0 Å². The van der Waals surface area contributed by atoms with Gasteiger partial charge in [0.15, 0.2) is 0 Å². The molecule has 1 N–H and O–H groups in total. The van der Waals surface area contributed by atoms with Crippen molar-refractivity contribution in [3.8, 4) is 17.6 Å². The van der Waals surface area contributed by atoms with Gasteiger partial charge in [0.25, 0.3) is 0 Å². The average molecular weight is 336 g/mol. The Balaban J connectivity index is 1.69. The lowest BCUT2D eigenvalue weighted by Gasteiger charge is -2.21. The second kappa shape index (κ2) is 7.37. The fourth-order valence-corrected chi connectivity index (χ4v) is 2.76. The molecule has 5 nitrogen and oxygen atoms in total. The first kappa shape index (κ1) is 17.0. The molecule has 25 heavy (non-hydrogen) atoms. The number of anilines is 1. The Morgan fingerprint density at radius 3 is 2.80 bits per heavy atom. The number of hydrogen-bond donors (Lipinski definition) is 1. The van der Waals surface area contributed by atoms with Crippen molar-refractivity contribution in [3.63, 3.8) is 0 Å². The van der Waals surface area contributed by atoms with Crippen LogP contribution in [0.25, 0.3) is 0 Å². The van der Waals surface area contributed by atoms with Crippen LogP contribution in [0.15, 0.2) is 42.6 Å². The van der Waals surface area contributed by atoms with E-state index in [0.717, 1.165) is 23.3 Å². The van der Waals surface area contributed by atoms with Gasteiger partial charge in [0.1, 0.15) is 17.7 Å². The van der Waals surface area contributed by atoms with E-state index >= 15 is 0 Å². The minimum Gasteiger partial charge on any atom is -0.497 e. The van der Waals surface area contributed by atoms with Gasteiger partial charge in [-0.05, 0) is 42.3 Å². The Bertz CT molecular complexity index is 821. The summed E-state index contributed by atoms with van der Waals surface area (Å²) in [6.07, 6.45) is 1.42. The van der Waals surface area contributed by atoms with Crippen molar-refractivity contribution in [2.24, 2.45) is 5.92 Å². The van der Waals surface area contributed by atoms with Crippen LogP contribution in [0.3, 0.4) is 0 Å². The molecule has 0 aliphatic carbocycles. The first-order chi connectivity index (χ1) is 12.1. The van der Waals surface area contributed by atoms with Gasteiger partial charge in [0, 0.05) is 18.3 Å². The maximum Gasteiger partial charge on any atom is 0.234 e. The number of ether oxygens (including phenoxy) is 1. The number of benzene rings is 1. The molecule has 0 unspecified atom stereocenters. The molecule has 2 atom stereocenters. The minimum atomic E-state index is -1.04. The van der Waals surface area contributed by atoms with Crippen molar-refractivity contribution >= 4 is 11.7 Å². The molecule has 0 saturated carbocycles. The van der Waals surface area contributed by atoms with Crippen LogP contribution in [0.4, 0.5) is 5.82 Å². The predicted octanol–water partition coefficient (Wildman–Crippen LogP) is 2.03. The van der Waals surface area contributed by atoms with Crippen molar-refractivity contribution in [3.05, 3.63) is 53.7 Å². The fraction of sp³-hybridized carbons (Fsp3) is 0.300. The molecule has 1 aromatic heterocycles.